The van der Waals surface area contributed by atoms with E-state index in [-0.39, 0.29) is 18.6 Å². The van der Waals surface area contributed by atoms with E-state index in [1.54, 1.807) is 12.4 Å². The van der Waals surface area contributed by atoms with Crippen molar-refractivity contribution < 1.29 is 9.53 Å². The number of nitrogens with zero attached hydrogens (tertiary/aromatic N) is 2. The minimum Gasteiger partial charge on any atom is -0.465 e. The van der Waals surface area contributed by atoms with Gasteiger partial charge in [0, 0.05) is 24.1 Å². The van der Waals surface area contributed by atoms with Crippen LogP contribution < -0.4 is 4.90 Å². The van der Waals surface area contributed by atoms with Gasteiger partial charge in [0.15, 0.2) is 0 Å². The molecule has 0 spiro atoms. The van der Waals surface area contributed by atoms with E-state index in [1.165, 1.54) is 0 Å². The Morgan fingerprint density at radius 2 is 2.24 bits per heavy atom. The molecule has 94 valence electrons. The van der Waals surface area contributed by atoms with Gasteiger partial charge >= 0.3 is 5.97 Å². The zero-order chi connectivity index (χ0) is 12.8. The Kier molecular flexibility index (Phi) is 4.94. The van der Waals surface area contributed by atoms with Crippen molar-refractivity contribution in [3.05, 3.63) is 24.0 Å². The van der Waals surface area contributed by atoms with Crippen molar-refractivity contribution >= 4 is 11.7 Å². The second kappa shape index (κ2) is 6.23. The number of esters is 1. The molecule has 1 rings (SSSR count). The topological polar surface area (TPSA) is 42.4 Å². The lowest BCUT2D eigenvalue weighted by atomic mass is 10.2. The highest BCUT2D eigenvalue weighted by Crippen LogP contribution is 2.20. The highest BCUT2D eigenvalue weighted by Gasteiger charge is 2.16. The average Bonchev–Trinajstić information content (AvgIpc) is 2.27. The van der Waals surface area contributed by atoms with Crippen LogP contribution in [0.5, 0.6) is 0 Å². The molecule has 0 radical (unpaired) electrons. The van der Waals surface area contributed by atoms with E-state index in [0.717, 1.165) is 11.3 Å². The number of hydrogen-bond donors (Lipinski definition) is 0. The Bertz CT molecular complexity index is 377. The van der Waals surface area contributed by atoms with Gasteiger partial charge in [0.05, 0.1) is 6.61 Å². The molecule has 1 aromatic rings. The summed E-state index contributed by atoms with van der Waals surface area (Å²) in [7, 11) is 0. The molecule has 0 aliphatic rings. The smallest absolute Gasteiger partial charge is 0.325 e. The number of aryl methyl sites for hydroxylation is 1. The first-order chi connectivity index (χ1) is 8.06. The molecule has 0 N–H and O–H groups in total. The number of carbonyl (C=O) groups is 1. The molecule has 1 aromatic heterocycles. The molecule has 4 nitrogen and oxygen atoms in total. The quantitative estimate of drug-likeness (QED) is 0.735. The van der Waals surface area contributed by atoms with Gasteiger partial charge in [-0.3, -0.25) is 9.78 Å². The number of carbonyl (C=O) groups excluding carboxylic acids is 1. The summed E-state index contributed by atoms with van der Waals surface area (Å²) >= 11 is 0. The zero-order valence-electron chi connectivity index (χ0n) is 10.9. The number of ether oxygens (including phenoxy) is 1. The van der Waals surface area contributed by atoms with Crippen LogP contribution in [0, 0.1) is 6.92 Å². The highest BCUT2D eigenvalue weighted by atomic mass is 16.5. The maximum atomic E-state index is 11.6. The number of rotatable bonds is 5. The number of pyridine rings is 1. The van der Waals surface area contributed by atoms with Crippen LogP contribution >= 0.6 is 0 Å². The highest BCUT2D eigenvalue weighted by molar-refractivity contribution is 5.76. The predicted molar refractivity (Wildman–Crippen MR) is 68.1 cm³/mol. The van der Waals surface area contributed by atoms with Crippen LogP contribution in [0.25, 0.3) is 0 Å². The van der Waals surface area contributed by atoms with Crippen molar-refractivity contribution in [2.45, 2.75) is 33.7 Å². The van der Waals surface area contributed by atoms with Gasteiger partial charge < -0.3 is 9.64 Å². The summed E-state index contributed by atoms with van der Waals surface area (Å²) < 4.78 is 4.99. The Morgan fingerprint density at radius 3 is 2.76 bits per heavy atom. The maximum Gasteiger partial charge on any atom is 0.325 e. The number of aromatic nitrogens is 1. The SMILES string of the molecule is CCOC(=O)CN(c1ccncc1C)C(C)C. The molecule has 0 aliphatic carbocycles. The van der Waals surface area contributed by atoms with Crippen LogP contribution in [-0.2, 0) is 9.53 Å². The molecule has 1 heterocycles. The molecule has 0 saturated heterocycles. The fourth-order valence-electron chi connectivity index (χ4n) is 1.68. The van der Waals surface area contributed by atoms with Crippen molar-refractivity contribution in [2.75, 3.05) is 18.1 Å². The van der Waals surface area contributed by atoms with E-state index in [1.807, 2.05) is 24.8 Å². The minimum atomic E-state index is -0.197. The molecule has 17 heavy (non-hydrogen) atoms. The molecular formula is C13H20N2O2. The van der Waals surface area contributed by atoms with E-state index >= 15 is 0 Å². The molecule has 0 aromatic carbocycles. The lowest BCUT2D eigenvalue weighted by molar-refractivity contribution is -0.141. The van der Waals surface area contributed by atoms with Crippen LogP contribution in [0.1, 0.15) is 26.3 Å². The van der Waals surface area contributed by atoms with Crippen molar-refractivity contribution in [1.82, 2.24) is 4.98 Å². The third kappa shape index (κ3) is 3.73. The summed E-state index contributed by atoms with van der Waals surface area (Å²) in [6.07, 6.45) is 3.54. The fraction of sp³-hybridized carbons (Fsp3) is 0.538. The first-order valence-corrected chi connectivity index (χ1v) is 5.89. The molecule has 0 unspecified atom stereocenters. The van der Waals surface area contributed by atoms with E-state index < -0.39 is 0 Å². The molecule has 0 bridgehead atoms. The van der Waals surface area contributed by atoms with Crippen molar-refractivity contribution in [3.63, 3.8) is 0 Å². The molecule has 0 saturated carbocycles. The number of hydrogen-bond acceptors (Lipinski definition) is 4. The second-order valence-corrected chi connectivity index (χ2v) is 4.19. The van der Waals surface area contributed by atoms with E-state index in [2.05, 4.69) is 18.8 Å². The Balaban J connectivity index is 2.87. The maximum absolute atomic E-state index is 11.6. The van der Waals surface area contributed by atoms with Gasteiger partial charge in [-0.1, -0.05) is 0 Å². The van der Waals surface area contributed by atoms with Gasteiger partial charge in [-0.2, -0.15) is 0 Å². The second-order valence-electron chi connectivity index (χ2n) is 4.19. The van der Waals surface area contributed by atoms with E-state index in [0.29, 0.717) is 6.61 Å². The lowest BCUT2D eigenvalue weighted by Gasteiger charge is -2.29. The first kappa shape index (κ1) is 13.5. The molecule has 4 heteroatoms. The largest absolute Gasteiger partial charge is 0.465 e. The average molecular weight is 236 g/mol. The third-order valence-corrected chi connectivity index (χ3v) is 2.53. The fourth-order valence-corrected chi connectivity index (χ4v) is 1.68. The van der Waals surface area contributed by atoms with Crippen LogP contribution in [0.15, 0.2) is 18.5 Å². The van der Waals surface area contributed by atoms with Crippen LogP contribution in [0.2, 0.25) is 0 Å². The summed E-state index contributed by atoms with van der Waals surface area (Å²) in [4.78, 5) is 17.6. The van der Waals surface area contributed by atoms with Gasteiger partial charge in [-0.25, -0.2) is 0 Å². The summed E-state index contributed by atoms with van der Waals surface area (Å²) in [5.41, 5.74) is 2.09. The van der Waals surface area contributed by atoms with E-state index in [9.17, 15) is 4.79 Å². The Morgan fingerprint density at radius 1 is 1.53 bits per heavy atom. The van der Waals surface area contributed by atoms with E-state index in [4.69, 9.17) is 4.74 Å². The van der Waals surface area contributed by atoms with Crippen molar-refractivity contribution in [2.24, 2.45) is 0 Å². The Hall–Kier alpha value is -1.58. The van der Waals surface area contributed by atoms with Gasteiger partial charge in [0.1, 0.15) is 6.54 Å². The lowest BCUT2D eigenvalue weighted by Crippen LogP contribution is -2.37. The van der Waals surface area contributed by atoms with Crippen LogP contribution in [0.3, 0.4) is 0 Å². The molecule has 0 fully saturated rings. The van der Waals surface area contributed by atoms with Crippen LogP contribution in [0.4, 0.5) is 5.69 Å². The normalized spacial score (nSPS) is 10.4. The molecule has 0 aliphatic heterocycles. The Labute approximate surface area is 103 Å². The van der Waals surface area contributed by atoms with Gasteiger partial charge in [-0.15, -0.1) is 0 Å². The third-order valence-electron chi connectivity index (χ3n) is 2.53. The van der Waals surface area contributed by atoms with Crippen molar-refractivity contribution in [3.8, 4) is 0 Å². The first-order valence-electron chi connectivity index (χ1n) is 5.89. The monoisotopic (exact) mass is 236 g/mol. The summed E-state index contributed by atoms with van der Waals surface area (Å²) in [6.45, 7) is 8.60. The van der Waals surface area contributed by atoms with Gasteiger partial charge in [0.2, 0.25) is 0 Å². The number of anilines is 1. The molecule has 0 amide bonds. The molecule has 0 atom stereocenters. The summed E-state index contributed by atoms with van der Waals surface area (Å²) in [6, 6.07) is 2.16. The zero-order valence-corrected chi connectivity index (χ0v) is 10.9. The standard InChI is InChI=1S/C13H20N2O2/c1-5-17-13(16)9-15(10(2)3)12-6-7-14-8-11(12)4/h6-8,10H,5,9H2,1-4H3. The summed E-state index contributed by atoms with van der Waals surface area (Å²) in [5, 5.41) is 0. The molecular weight excluding hydrogens is 216 g/mol. The summed E-state index contributed by atoms with van der Waals surface area (Å²) in [5.74, 6) is -0.197. The van der Waals surface area contributed by atoms with Gasteiger partial charge in [-0.05, 0) is 39.3 Å². The predicted octanol–water partition coefficient (Wildman–Crippen LogP) is 2.17. The minimum absolute atomic E-state index is 0.197. The van der Waals surface area contributed by atoms with Gasteiger partial charge in [0.25, 0.3) is 0 Å². The van der Waals surface area contributed by atoms with Crippen LogP contribution in [-0.4, -0.2) is 30.1 Å². The van der Waals surface area contributed by atoms with Crippen molar-refractivity contribution in [1.29, 1.82) is 0 Å².